The third-order valence-electron chi connectivity index (χ3n) is 3.61. The lowest BCUT2D eigenvalue weighted by atomic mass is 10.2. The Hall–Kier alpha value is -2.87. The minimum atomic E-state index is -0.503. The molecule has 0 N–H and O–H groups in total. The number of carbonyl (C=O) groups excluding carboxylic acids is 1. The SMILES string of the molecule is COc1ccc(COC(=O)c2ccccc2SCc2nc(C)no2)cc1F. The molecule has 1 aromatic heterocycles. The van der Waals surface area contributed by atoms with E-state index in [2.05, 4.69) is 10.1 Å². The van der Waals surface area contributed by atoms with Crippen LogP contribution < -0.4 is 4.74 Å². The summed E-state index contributed by atoms with van der Waals surface area (Å²) in [5, 5.41) is 3.74. The fourth-order valence-corrected chi connectivity index (χ4v) is 3.20. The van der Waals surface area contributed by atoms with E-state index >= 15 is 0 Å². The molecule has 0 fully saturated rings. The molecule has 6 nitrogen and oxygen atoms in total. The van der Waals surface area contributed by atoms with Crippen LogP contribution in [-0.4, -0.2) is 23.2 Å². The lowest BCUT2D eigenvalue weighted by Crippen LogP contribution is -2.07. The van der Waals surface area contributed by atoms with Crippen LogP contribution in [0.5, 0.6) is 5.75 Å². The predicted octanol–water partition coefficient (Wildman–Crippen LogP) is 4.18. The molecule has 0 aliphatic rings. The summed E-state index contributed by atoms with van der Waals surface area (Å²) in [5.41, 5.74) is 0.959. The largest absolute Gasteiger partial charge is 0.494 e. The molecule has 3 aromatic rings. The van der Waals surface area contributed by atoms with Crippen LogP contribution in [0.3, 0.4) is 0 Å². The number of methoxy groups -OCH3 is 1. The van der Waals surface area contributed by atoms with Crippen LogP contribution in [0.2, 0.25) is 0 Å². The number of hydrogen-bond donors (Lipinski definition) is 0. The van der Waals surface area contributed by atoms with Gasteiger partial charge in [-0.1, -0.05) is 23.4 Å². The van der Waals surface area contributed by atoms with Crippen molar-refractivity contribution in [3.63, 3.8) is 0 Å². The number of ether oxygens (including phenoxy) is 2. The van der Waals surface area contributed by atoms with Crippen molar-refractivity contribution in [1.82, 2.24) is 10.1 Å². The summed E-state index contributed by atoms with van der Waals surface area (Å²) in [5.74, 6) is 0.629. The van der Waals surface area contributed by atoms with E-state index in [1.165, 1.54) is 31.0 Å². The molecule has 3 rings (SSSR count). The van der Waals surface area contributed by atoms with Crippen LogP contribution in [0.4, 0.5) is 4.39 Å². The van der Waals surface area contributed by atoms with Gasteiger partial charge in [-0.15, -0.1) is 11.8 Å². The van der Waals surface area contributed by atoms with Gasteiger partial charge in [0, 0.05) is 4.90 Å². The van der Waals surface area contributed by atoms with Crippen molar-refractivity contribution in [1.29, 1.82) is 0 Å². The number of carbonyl (C=O) groups is 1. The van der Waals surface area contributed by atoms with Gasteiger partial charge in [-0.25, -0.2) is 9.18 Å². The maximum Gasteiger partial charge on any atom is 0.339 e. The van der Waals surface area contributed by atoms with Crippen molar-refractivity contribution in [2.75, 3.05) is 7.11 Å². The molecule has 1 heterocycles. The first-order chi connectivity index (χ1) is 13.1. The molecule has 0 bridgehead atoms. The second-order valence-electron chi connectivity index (χ2n) is 5.57. The number of nitrogens with zero attached hydrogens (tertiary/aromatic N) is 2. The van der Waals surface area contributed by atoms with Crippen molar-refractivity contribution in [2.45, 2.75) is 24.2 Å². The maximum absolute atomic E-state index is 13.7. The molecule has 0 aliphatic heterocycles. The monoisotopic (exact) mass is 388 g/mol. The first kappa shape index (κ1) is 18.9. The van der Waals surface area contributed by atoms with Gasteiger partial charge in [-0.05, 0) is 36.8 Å². The number of benzene rings is 2. The molecule has 0 saturated heterocycles. The summed E-state index contributed by atoms with van der Waals surface area (Å²) in [6.07, 6.45) is 0. The Balaban J connectivity index is 1.65. The summed E-state index contributed by atoms with van der Waals surface area (Å²) in [4.78, 5) is 17.3. The van der Waals surface area contributed by atoms with Crippen LogP contribution >= 0.6 is 11.8 Å². The van der Waals surface area contributed by atoms with Gasteiger partial charge in [-0.3, -0.25) is 0 Å². The highest BCUT2D eigenvalue weighted by Gasteiger charge is 2.15. The fourth-order valence-electron chi connectivity index (χ4n) is 2.33. The van der Waals surface area contributed by atoms with Crippen LogP contribution in [-0.2, 0) is 17.1 Å². The lowest BCUT2D eigenvalue weighted by molar-refractivity contribution is 0.0468. The van der Waals surface area contributed by atoms with Gasteiger partial charge in [0.2, 0.25) is 5.89 Å². The second-order valence-corrected chi connectivity index (χ2v) is 6.58. The van der Waals surface area contributed by atoms with Gasteiger partial charge in [0.15, 0.2) is 17.4 Å². The molecule has 0 unspecified atom stereocenters. The van der Waals surface area contributed by atoms with Crippen LogP contribution in [0.15, 0.2) is 51.9 Å². The summed E-state index contributed by atoms with van der Waals surface area (Å²) in [7, 11) is 1.39. The smallest absolute Gasteiger partial charge is 0.339 e. The molecule has 0 radical (unpaired) electrons. The van der Waals surface area contributed by atoms with E-state index in [0.29, 0.717) is 28.6 Å². The number of halogens is 1. The Morgan fingerprint density at radius 2 is 2.07 bits per heavy atom. The van der Waals surface area contributed by atoms with Crippen molar-refractivity contribution in [3.05, 3.63) is 71.1 Å². The summed E-state index contributed by atoms with van der Waals surface area (Å²) in [6, 6.07) is 11.5. The fraction of sp³-hybridized carbons (Fsp3) is 0.211. The van der Waals surface area contributed by atoms with E-state index < -0.39 is 11.8 Å². The van der Waals surface area contributed by atoms with E-state index in [4.69, 9.17) is 14.0 Å². The molecular formula is C19H17FN2O4S. The molecule has 140 valence electrons. The van der Waals surface area contributed by atoms with Crippen LogP contribution in [0.1, 0.15) is 27.6 Å². The van der Waals surface area contributed by atoms with E-state index in [-0.39, 0.29) is 12.4 Å². The standard InChI is InChI=1S/C19H17FN2O4S/c1-12-21-18(26-22-12)11-27-17-6-4-3-5-14(17)19(23)25-10-13-7-8-16(24-2)15(20)9-13/h3-9H,10-11H2,1-2H3. The zero-order valence-electron chi connectivity index (χ0n) is 14.8. The second kappa shape index (κ2) is 8.68. The highest BCUT2D eigenvalue weighted by molar-refractivity contribution is 7.98. The highest BCUT2D eigenvalue weighted by Crippen LogP contribution is 2.27. The Kier molecular flexibility index (Phi) is 6.08. The van der Waals surface area contributed by atoms with Crippen molar-refractivity contribution >= 4 is 17.7 Å². The molecule has 0 amide bonds. The molecule has 0 spiro atoms. The van der Waals surface area contributed by atoms with Gasteiger partial charge in [-0.2, -0.15) is 4.98 Å². The topological polar surface area (TPSA) is 74.5 Å². The first-order valence-electron chi connectivity index (χ1n) is 8.07. The first-order valence-corrected chi connectivity index (χ1v) is 9.06. The Labute approximate surface area is 159 Å². The summed E-state index contributed by atoms with van der Waals surface area (Å²) >= 11 is 1.40. The number of aromatic nitrogens is 2. The zero-order chi connectivity index (χ0) is 19.2. The normalized spacial score (nSPS) is 10.6. The van der Waals surface area contributed by atoms with Gasteiger partial charge >= 0.3 is 5.97 Å². The highest BCUT2D eigenvalue weighted by atomic mass is 32.2. The van der Waals surface area contributed by atoms with Crippen molar-refractivity contribution in [3.8, 4) is 5.75 Å². The van der Waals surface area contributed by atoms with Crippen molar-refractivity contribution < 1.29 is 23.2 Å². The Morgan fingerprint density at radius 1 is 1.26 bits per heavy atom. The molecule has 0 atom stereocenters. The van der Waals surface area contributed by atoms with E-state index in [0.717, 1.165) is 4.90 Å². The quantitative estimate of drug-likeness (QED) is 0.444. The molecular weight excluding hydrogens is 371 g/mol. The molecule has 0 saturated carbocycles. The van der Waals surface area contributed by atoms with Crippen LogP contribution in [0.25, 0.3) is 0 Å². The number of esters is 1. The van der Waals surface area contributed by atoms with Gasteiger partial charge < -0.3 is 14.0 Å². The zero-order valence-corrected chi connectivity index (χ0v) is 15.6. The van der Waals surface area contributed by atoms with Crippen LogP contribution in [0, 0.1) is 12.7 Å². The average molecular weight is 388 g/mol. The van der Waals surface area contributed by atoms with Gasteiger partial charge in [0.25, 0.3) is 0 Å². The molecule has 27 heavy (non-hydrogen) atoms. The Bertz CT molecular complexity index is 945. The molecule has 2 aromatic carbocycles. The maximum atomic E-state index is 13.7. The minimum Gasteiger partial charge on any atom is -0.494 e. The van der Waals surface area contributed by atoms with Gasteiger partial charge in [0.1, 0.15) is 6.61 Å². The van der Waals surface area contributed by atoms with E-state index in [1.54, 1.807) is 25.1 Å². The van der Waals surface area contributed by atoms with Crippen molar-refractivity contribution in [2.24, 2.45) is 0 Å². The number of aryl methyl sites for hydroxylation is 1. The third-order valence-corrected chi connectivity index (χ3v) is 4.67. The number of rotatable bonds is 7. The molecule has 8 heteroatoms. The third kappa shape index (κ3) is 4.85. The number of hydrogen-bond acceptors (Lipinski definition) is 7. The molecule has 0 aliphatic carbocycles. The summed E-state index contributed by atoms with van der Waals surface area (Å²) < 4.78 is 29.0. The lowest BCUT2D eigenvalue weighted by Gasteiger charge is -2.09. The van der Waals surface area contributed by atoms with E-state index in [1.807, 2.05) is 12.1 Å². The minimum absolute atomic E-state index is 0.0401. The van der Waals surface area contributed by atoms with E-state index in [9.17, 15) is 9.18 Å². The predicted molar refractivity (Wildman–Crippen MR) is 97.1 cm³/mol. The van der Waals surface area contributed by atoms with Gasteiger partial charge in [0.05, 0.1) is 18.4 Å². The summed E-state index contributed by atoms with van der Waals surface area (Å²) in [6.45, 7) is 1.70. The number of thioether (sulfide) groups is 1. The Morgan fingerprint density at radius 3 is 2.78 bits per heavy atom. The average Bonchev–Trinajstić information content (AvgIpc) is 3.10.